The van der Waals surface area contributed by atoms with Gasteiger partial charge in [-0.15, -0.1) is 0 Å². The molecule has 352 valence electrons. The average Bonchev–Trinajstić information content (AvgIpc) is 3.72. The zero-order valence-corrected chi connectivity index (χ0v) is 45.2. The summed E-state index contributed by atoms with van der Waals surface area (Å²) < 4.78 is 89.1. The van der Waals surface area contributed by atoms with Gasteiger partial charge in [0.1, 0.15) is 0 Å². The summed E-state index contributed by atoms with van der Waals surface area (Å²) in [6.45, 7) is 36.1. The molecule has 2 aliphatic rings. The Morgan fingerprint density at radius 3 is 1.37 bits per heavy atom. The van der Waals surface area contributed by atoms with Gasteiger partial charge in [-0.1, -0.05) is 0 Å². The van der Waals surface area contributed by atoms with E-state index in [1.807, 2.05) is 0 Å². The van der Waals surface area contributed by atoms with Gasteiger partial charge in [0, 0.05) is 0 Å². The maximum absolute atomic E-state index is 14.3. The Kier molecular flexibility index (Phi) is 15.7. The fourth-order valence-electron chi connectivity index (χ4n) is 9.69. The molecule has 0 spiro atoms. The van der Waals surface area contributed by atoms with Crippen molar-refractivity contribution in [1.29, 1.82) is 0 Å². The topological polar surface area (TPSA) is 0 Å². The van der Waals surface area contributed by atoms with Crippen molar-refractivity contribution >= 4 is 6.48 Å². The van der Waals surface area contributed by atoms with Gasteiger partial charge in [0.05, 0.1) is 0 Å². The SMILES string of the molecule is CCCC1C=C(C(C)(C)C)C=[C]1[Zr+2](=[C](c1ccc(C(F)(F)F)cc1)c1ccc(C(F)(F)F)cc1)[c]1c2c(cc(C(C)(C)C)c1C(C)(C)C)-c1cc(C(C)(C)C)c(C(C)(C)C)cc1C2.[Cl-].[Cl-]. The zero-order valence-electron chi connectivity index (χ0n) is 41.2. The van der Waals surface area contributed by atoms with Gasteiger partial charge >= 0.3 is 384 Å². The second kappa shape index (κ2) is 18.6. The third-order valence-corrected chi connectivity index (χ3v) is 20.8. The first kappa shape index (κ1) is 54.9. The van der Waals surface area contributed by atoms with Crippen molar-refractivity contribution in [2.24, 2.45) is 11.3 Å². The van der Waals surface area contributed by atoms with Gasteiger partial charge in [-0.05, 0) is 0 Å². The number of benzene rings is 4. The van der Waals surface area contributed by atoms with Crippen molar-refractivity contribution in [3.63, 3.8) is 0 Å². The van der Waals surface area contributed by atoms with Crippen molar-refractivity contribution in [2.75, 3.05) is 0 Å². The Balaban J connectivity index is 0.00000462. The molecule has 0 amide bonds. The van der Waals surface area contributed by atoms with Crippen LogP contribution in [0.1, 0.15) is 179 Å². The van der Waals surface area contributed by atoms with Gasteiger partial charge in [-0.25, -0.2) is 0 Å². The predicted octanol–water partition coefficient (Wildman–Crippen LogP) is 10.3. The Morgan fingerprint density at radius 2 is 0.985 bits per heavy atom. The Hall–Kier alpha value is -2.73. The van der Waals surface area contributed by atoms with Crippen LogP contribution in [-0.4, -0.2) is 3.21 Å². The van der Waals surface area contributed by atoms with Crippen molar-refractivity contribution in [1.82, 2.24) is 0 Å². The molecule has 0 fully saturated rings. The maximum Gasteiger partial charge on any atom is -1.00 e. The molecule has 0 aliphatic heterocycles. The summed E-state index contributed by atoms with van der Waals surface area (Å²) in [5, 5.41) is 0. The van der Waals surface area contributed by atoms with Crippen LogP contribution in [0.5, 0.6) is 0 Å². The zero-order chi connectivity index (χ0) is 47.2. The molecule has 0 heterocycles. The molecule has 0 radical (unpaired) electrons. The van der Waals surface area contributed by atoms with E-state index in [1.165, 1.54) is 56.6 Å². The third kappa shape index (κ3) is 11.3. The molecule has 0 saturated carbocycles. The summed E-state index contributed by atoms with van der Waals surface area (Å²) >= 11 is -3.84. The van der Waals surface area contributed by atoms with Crippen molar-refractivity contribution in [3.8, 4) is 11.1 Å². The van der Waals surface area contributed by atoms with Gasteiger partial charge in [-0.2, -0.15) is 0 Å². The van der Waals surface area contributed by atoms with E-state index in [0.717, 1.165) is 40.3 Å². The monoisotopic (exact) mass is 1010 g/mol. The fraction of sp³-hybridized carbons (Fsp3) is 0.482. The molecule has 4 aromatic carbocycles. The molecular formula is C56H68Cl2F6Zr. The molecule has 1 unspecified atom stereocenters. The minimum absolute atomic E-state index is 0. The van der Waals surface area contributed by atoms with E-state index < -0.39 is 44.7 Å². The molecule has 4 aromatic rings. The van der Waals surface area contributed by atoms with Crippen molar-refractivity contribution in [3.05, 3.63) is 143 Å². The summed E-state index contributed by atoms with van der Waals surface area (Å²) in [6.07, 6.45) is -1.77. The summed E-state index contributed by atoms with van der Waals surface area (Å²) in [6, 6.07) is 18.2. The molecule has 2 aliphatic carbocycles. The van der Waals surface area contributed by atoms with Crippen LogP contribution in [0.25, 0.3) is 11.1 Å². The van der Waals surface area contributed by atoms with Gasteiger partial charge in [0.2, 0.25) is 0 Å². The van der Waals surface area contributed by atoms with E-state index in [-0.39, 0.29) is 57.8 Å². The minimum atomic E-state index is -4.55. The normalized spacial score (nSPS) is 15.6. The quantitative estimate of drug-likeness (QED) is 0.149. The molecular weight excluding hydrogens is 949 g/mol. The van der Waals surface area contributed by atoms with E-state index in [4.69, 9.17) is 0 Å². The molecule has 1 atom stereocenters. The summed E-state index contributed by atoms with van der Waals surface area (Å²) in [5.74, 6) is 0.0723. The van der Waals surface area contributed by atoms with Gasteiger partial charge in [0.25, 0.3) is 0 Å². The molecule has 0 aromatic heterocycles. The van der Waals surface area contributed by atoms with Gasteiger partial charge in [-0.3, -0.25) is 0 Å². The average molecular weight is 1020 g/mol. The molecule has 0 nitrogen and oxygen atoms in total. The Labute approximate surface area is 406 Å². The van der Waals surface area contributed by atoms with Crippen LogP contribution >= 0.6 is 0 Å². The number of halogens is 8. The van der Waals surface area contributed by atoms with Gasteiger partial charge in [0.15, 0.2) is 0 Å². The maximum atomic E-state index is 14.3. The van der Waals surface area contributed by atoms with Crippen LogP contribution in [0, 0.1) is 11.3 Å². The van der Waals surface area contributed by atoms with E-state index in [2.05, 4.69) is 141 Å². The first-order valence-corrected chi connectivity index (χ1v) is 26.3. The van der Waals surface area contributed by atoms with E-state index in [9.17, 15) is 26.3 Å². The standard InChI is InChI=1S/C29H41.C15H8F6.C12H19.2ClH.Zr/c1-26(2,3)22-14-18-13-19-15-23(27(4,5)6)25(29(10,11)12)17-21(19)20(18)16-24(22)28(7,8)9;16-14(17,18)12-5-1-10(2-6-12)9-11-3-7-13(8-4-11)15(19,20)21;1-5-6-10-7-8-11(9-10)12(2,3)4;;;/h14,16-17H,13H2,1-12H3;1-8H;8-10H,5-6H2,1-4H3;2*1H;/q;;;;;+2/p-2. The Bertz CT molecular complexity index is 2440. The molecule has 0 N–H and O–H groups in total. The number of rotatable bonds is 6. The second-order valence-corrected chi connectivity index (χ2v) is 28.9. The summed E-state index contributed by atoms with van der Waals surface area (Å²) in [4.78, 5) is 0. The van der Waals surface area contributed by atoms with E-state index >= 15 is 0 Å². The van der Waals surface area contributed by atoms with Crippen molar-refractivity contribution in [2.45, 2.75) is 164 Å². The largest absolute Gasteiger partial charge is 1.00 e. The molecule has 9 heteroatoms. The number of alkyl halides is 6. The smallest absolute Gasteiger partial charge is 1.00 e. The molecule has 0 saturated heterocycles. The summed E-state index contributed by atoms with van der Waals surface area (Å²) in [5.41, 5.74) is 9.96. The molecule has 6 rings (SSSR count). The number of fused-ring (bicyclic) bond motifs is 3. The second-order valence-electron chi connectivity index (χ2n) is 23.2. The minimum Gasteiger partial charge on any atom is -1.00 e. The van der Waals surface area contributed by atoms with Gasteiger partial charge < -0.3 is 24.8 Å². The molecule has 65 heavy (non-hydrogen) atoms. The van der Waals surface area contributed by atoms with Crippen LogP contribution in [0.4, 0.5) is 26.3 Å². The first-order valence-electron chi connectivity index (χ1n) is 22.6. The Morgan fingerprint density at radius 1 is 0.554 bits per heavy atom. The number of allylic oxidation sites excluding steroid dienone is 4. The van der Waals surface area contributed by atoms with Crippen LogP contribution in [0.15, 0.2) is 87.7 Å². The third-order valence-electron chi connectivity index (χ3n) is 12.9. The van der Waals surface area contributed by atoms with Crippen LogP contribution in [0.2, 0.25) is 0 Å². The van der Waals surface area contributed by atoms with Crippen LogP contribution in [0.3, 0.4) is 0 Å². The van der Waals surface area contributed by atoms with Crippen LogP contribution < -0.4 is 28.1 Å². The number of hydrogen-bond donors (Lipinski definition) is 0. The first-order chi connectivity index (χ1) is 28.6. The molecule has 0 bridgehead atoms. The fourth-order valence-corrected chi connectivity index (χ4v) is 19.3. The summed E-state index contributed by atoms with van der Waals surface area (Å²) in [7, 11) is 0. The predicted molar refractivity (Wildman–Crippen MR) is 249 cm³/mol. The van der Waals surface area contributed by atoms with Crippen molar-refractivity contribution < 1.29 is 72.4 Å². The number of hydrogen-bond acceptors (Lipinski definition) is 0. The van der Waals surface area contributed by atoms with Crippen LogP contribution in [-0.2, 0) is 61.7 Å². The van der Waals surface area contributed by atoms with E-state index in [0.29, 0.717) is 17.5 Å². The van der Waals surface area contributed by atoms with E-state index in [1.54, 1.807) is 24.3 Å².